The molecule has 210 valence electrons. The fraction of sp³-hybridized carbons (Fsp3) is 0.368. The number of hydrogen-bond acceptors (Lipinski definition) is 2. The molecule has 0 bridgehead atoms. The van der Waals surface area contributed by atoms with E-state index in [2.05, 4.69) is 93.6 Å². The van der Waals surface area contributed by atoms with Crippen LogP contribution in [0.4, 0.5) is 11.4 Å². The molecule has 2 unspecified atom stereocenters. The van der Waals surface area contributed by atoms with Crippen molar-refractivity contribution in [1.29, 1.82) is 0 Å². The molecule has 0 spiro atoms. The zero-order valence-corrected chi connectivity index (χ0v) is 24.8. The highest BCUT2D eigenvalue weighted by molar-refractivity contribution is 5.44. The monoisotopic (exact) mass is 532 g/mol. The van der Waals surface area contributed by atoms with Gasteiger partial charge < -0.3 is 11.5 Å². The van der Waals surface area contributed by atoms with Gasteiger partial charge >= 0.3 is 0 Å². The van der Waals surface area contributed by atoms with Crippen LogP contribution in [0, 0.1) is 5.92 Å². The molecular weight excluding hydrogens is 484 g/mol. The molecule has 4 rings (SSSR count). The highest BCUT2D eigenvalue weighted by Gasteiger charge is 2.14. The largest absolute Gasteiger partial charge is 0.399 e. The van der Waals surface area contributed by atoms with Crippen LogP contribution >= 0.6 is 0 Å². The first-order valence-electron chi connectivity index (χ1n) is 15.3. The molecule has 0 saturated carbocycles. The zero-order chi connectivity index (χ0) is 28.3. The van der Waals surface area contributed by atoms with Crippen molar-refractivity contribution in [2.45, 2.75) is 84.0 Å². The Hall–Kier alpha value is -3.52. The SMILES string of the molecule is CCCCCCCC(Cc1ccc(C(C)c2ccc(N)cc2)cc1)Cc1ccc(C(C)c2ccc(N)cc2)cc1. The lowest BCUT2D eigenvalue weighted by Crippen LogP contribution is -2.09. The number of hydrogen-bond donors (Lipinski definition) is 2. The normalized spacial score (nSPS) is 13.6. The lowest BCUT2D eigenvalue weighted by atomic mass is 9.86. The Morgan fingerprint density at radius 3 is 1.20 bits per heavy atom. The predicted octanol–water partition coefficient (Wildman–Crippen LogP) is 9.92. The Bertz CT molecular complexity index is 1170. The summed E-state index contributed by atoms with van der Waals surface area (Å²) in [5, 5.41) is 0. The molecule has 0 aliphatic carbocycles. The maximum atomic E-state index is 5.89. The van der Waals surface area contributed by atoms with E-state index in [0.29, 0.717) is 17.8 Å². The van der Waals surface area contributed by atoms with Crippen LogP contribution in [0.25, 0.3) is 0 Å². The van der Waals surface area contributed by atoms with Crippen molar-refractivity contribution in [3.05, 3.63) is 130 Å². The molecule has 0 heterocycles. The van der Waals surface area contributed by atoms with Crippen LogP contribution in [-0.2, 0) is 12.8 Å². The number of benzene rings is 4. The molecule has 0 radical (unpaired) electrons. The average molecular weight is 533 g/mol. The molecule has 0 fully saturated rings. The topological polar surface area (TPSA) is 52.0 Å². The van der Waals surface area contributed by atoms with E-state index in [4.69, 9.17) is 11.5 Å². The molecule has 4 aromatic rings. The maximum absolute atomic E-state index is 5.89. The van der Waals surface area contributed by atoms with E-state index in [0.717, 1.165) is 24.2 Å². The van der Waals surface area contributed by atoms with Gasteiger partial charge in [-0.2, -0.15) is 0 Å². The number of nitrogens with two attached hydrogens (primary N) is 2. The summed E-state index contributed by atoms with van der Waals surface area (Å²) in [7, 11) is 0. The number of anilines is 2. The fourth-order valence-electron chi connectivity index (χ4n) is 5.82. The number of nitrogen functional groups attached to an aromatic ring is 2. The lowest BCUT2D eigenvalue weighted by molar-refractivity contribution is 0.447. The van der Waals surface area contributed by atoms with Crippen LogP contribution in [0.1, 0.15) is 105 Å². The lowest BCUT2D eigenvalue weighted by Gasteiger charge is -2.19. The van der Waals surface area contributed by atoms with Crippen LogP contribution < -0.4 is 11.5 Å². The quantitative estimate of drug-likeness (QED) is 0.125. The van der Waals surface area contributed by atoms with Gasteiger partial charge in [0.2, 0.25) is 0 Å². The third-order valence-corrected chi connectivity index (χ3v) is 8.60. The van der Waals surface area contributed by atoms with Crippen molar-refractivity contribution >= 4 is 11.4 Å². The molecule has 0 aliphatic rings. The van der Waals surface area contributed by atoms with Crippen LogP contribution in [-0.4, -0.2) is 0 Å². The van der Waals surface area contributed by atoms with Crippen LogP contribution in [0.2, 0.25) is 0 Å². The Labute approximate surface area is 242 Å². The minimum Gasteiger partial charge on any atom is -0.399 e. The second kappa shape index (κ2) is 14.7. The van der Waals surface area contributed by atoms with Gasteiger partial charge in [0.05, 0.1) is 0 Å². The molecule has 2 nitrogen and oxygen atoms in total. The van der Waals surface area contributed by atoms with Gasteiger partial charge in [0.25, 0.3) is 0 Å². The minimum atomic E-state index is 0.359. The smallest absolute Gasteiger partial charge is 0.0314 e. The van der Waals surface area contributed by atoms with E-state index in [1.54, 1.807) is 0 Å². The van der Waals surface area contributed by atoms with Crippen molar-refractivity contribution < 1.29 is 0 Å². The van der Waals surface area contributed by atoms with Crippen molar-refractivity contribution in [3.8, 4) is 0 Å². The van der Waals surface area contributed by atoms with Gasteiger partial charge in [0.1, 0.15) is 0 Å². The number of rotatable bonds is 14. The maximum Gasteiger partial charge on any atom is 0.0314 e. The highest BCUT2D eigenvalue weighted by atomic mass is 14.5. The summed E-state index contributed by atoms with van der Waals surface area (Å²) < 4.78 is 0. The van der Waals surface area contributed by atoms with Crippen molar-refractivity contribution in [2.75, 3.05) is 11.5 Å². The third kappa shape index (κ3) is 8.49. The predicted molar refractivity (Wildman–Crippen MR) is 174 cm³/mol. The molecule has 2 heteroatoms. The van der Waals surface area contributed by atoms with Gasteiger partial charge in [-0.15, -0.1) is 0 Å². The van der Waals surface area contributed by atoms with Crippen LogP contribution in [0.15, 0.2) is 97.1 Å². The summed E-state index contributed by atoms with van der Waals surface area (Å²) in [6.45, 7) is 6.84. The summed E-state index contributed by atoms with van der Waals surface area (Å²) in [5.41, 5.74) is 21.6. The van der Waals surface area contributed by atoms with Crippen molar-refractivity contribution in [2.24, 2.45) is 5.92 Å². The minimum absolute atomic E-state index is 0.359. The van der Waals surface area contributed by atoms with E-state index < -0.39 is 0 Å². The van der Waals surface area contributed by atoms with E-state index in [9.17, 15) is 0 Å². The van der Waals surface area contributed by atoms with Crippen LogP contribution in [0.5, 0.6) is 0 Å². The summed E-state index contributed by atoms with van der Waals surface area (Å²) in [4.78, 5) is 0. The first-order chi connectivity index (χ1) is 19.4. The van der Waals surface area contributed by atoms with E-state index in [1.165, 1.54) is 71.9 Å². The summed E-state index contributed by atoms with van der Waals surface area (Å²) in [6, 6.07) is 35.3. The van der Waals surface area contributed by atoms with Crippen molar-refractivity contribution in [3.63, 3.8) is 0 Å². The molecule has 2 atom stereocenters. The average Bonchev–Trinajstić information content (AvgIpc) is 2.98. The Morgan fingerprint density at radius 2 is 0.825 bits per heavy atom. The Balaban J connectivity index is 1.41. The molecule has 0 saturated heterocycles. The number of unbranched alkanes of at least 4 members (excludes halogenated alkanes) is 4. The first-order valence-corrected chi connectivity index (χ1v) is 15.3. The highest BCUT2D eigenvalue weighted by Crippen LogP contribution is 2.29. The summed E-state index contributed by atoms with van der Waals surface area (Å²) in [6.07, 6.45) is 10.2. The molecule has 0 aliphatic heterocycles. The van der Waals surface area contributed by atoms with E-state index >= 15 is 0 Å². The van der Waals surface area contributed by atoms with Crippen molar-refractivity contribution in [1.82, 2.24) is 0 Å². The second-order valence-corrected chi connectivity index (χ2v) is 11.7. The molecular formula is C38H48N2. The Morgan fingerprint density at radius 1 is 0.475 bits per heavy atom. The van der Waals surface area contributed by atoms with Gasteiger partial charge in [-0.1, -0.05) is 126 Å². The molecule has 40 heavy (non-hydrogen) atoms. The standard InChI is InChI=1S/C38H48N2/c1-4-5-6-7-8-9-32(26-30-10-14-33(15-11-30)28(2)35-18-22-37(39)23-19-35)27-31-12-16-34(17-13-31)29(3)36-20-24-38(40)25-21-36/h10-25,28-29,32H,4-9,26-27,39-40H2,1-3H3. The van der Waals surface area contributed by atoms with E-state index in [-0.39, 0.29) is 0 Å². The summed E-state index contributed by atoms with van der Waals surface area (Å²) >= 11 is 0. The van der Waals surface area contributed by atoms with Gasteiger partial charge in [0, 0.05) is 23.2 Å². The van der Waals surface area contributed by atoms with Crippen LogP contribution in [0.3, 0.4) is 0 Å². The van der Waals surface area contributed by atoms with Gasteiger partial charge in [-0.3, -0.25) is 0 Å². The first kappa shape index (κ1) is 29.5. The molecule has 4 aromatic carbocycles. The zero-order valence-electron chi connectivity index (χ0n) is 24.8. The third-order valence-electron chi connectivity index (χ3n) is 8.60. The summed E-state index contributed by atoms with van der Waals surface area (Å²) in [5.74, 6) is 1.37. The van der Waals surface area contributed by atoms with Gasteiger partial charge in [0.15, 0.2) is 0 Å². The molecule has 4 N–H and O–H groups in total. The van der Waals surface area contributed by atoms with Gasteiger partial charge in [-0.25, -0.2) is 0 Å². The fourth-order valence-corrected chi connectivity index (χ4v) is 5.82. The van der Waals surface area contributed by atoms with Gasteiger partial charge in [-0.05, 0) is 82.8 Å². The molecule has 0 aromatic heterocycles. The molecule has 0 amide bonds. The second-order valence-electron chi connectivity index (χ2n) is 11.7. The van der Waals surface area contributed by atoms with E-state index in [1.807, 2.05) is 24.3 Å². The Kier molecular flexibility index (Phi) is 10.9.